The van der Waals surface area contributed by atoms with E-state index in [2.05, 4.69) is 15.3 Å². The molecule has 0 aromatic heterocycles. The first-order valence-corrected chi connectivity index (χ1v) is 9.15. The van der Waals surface area contributed by atoms with Gasteiger partial charge in [-0.1, -0.05) is 11.2 Å². The summed E-state index contributed by atoms with van der Waals surface area (Å²) in [7, 11) is 1.37. The van der Waals surface area contributed by atoms with Crippen LogP contribution in [0.4, 0.5) is 14.5 Å². The van der Waals surface area contributed by atoms with Crippen LogP contribution in [0.25, 0.3) is 0 Å². The zero-order valence-electron chi connectivity index (χ0n) is 16.4. The zero-order valence-corrected chi connectivity index (χ0v) is 16.4. The Bertz CT molecular complexity index is 1030. The fourth-order valence-corrected chi connectivity index (χ4v) is 3.37. The van der Waals surface area contributed by atoms with Gasteiger partial charge in [0.15, 0.2) is 23.0 Å². The number of hydroxylamine groups is 1. The number of benzene rings is 2. The second-order valence-corrected chi connectivity index (χ2v) is 6.73. The minimum atomic E-state index is -3.15. The first kappa shape index (κ1) is 19.7. The van der Waals surface area contributed by atoms with Gasteiger partial charge in [0.2, 0.25) is 6.79 Å². The number of fused-ring (bicyclic) bond motifs is 4. The van der Waals surface area contributed by atoms with Crippen LogP contribution in [-0.2, 0) is 9.63 Å². The molecular weight excluding hydrogens is 400 g/mol. The number of carbonyl (C=O) groups is 1. The van der Waals surface area contributed by atoms with Gasteiger partial charge < -0.3 is 24.5 Å². The lowest BCUT2D eigenvalue weighted by atomic mass is 10.00. The smallest absolute Gasteiger partial charge is 0.407 e. The largest absolute Gasteiger partial charge is 0.454 e. The van der Waals surface area contributed by atoms with Gasteiger partial charge in [0.1, 0.15) is 0 Å². The summed E-state index contributed by atoms with van der Waals surface area (Å²) in [5.74, 6) is 0.991. The van der Waals surface area contributed by atoms with E-state index in [1.54, 1.807) is 18.1 Å². The molecule has 1 N–H and O–H groups in total. The molecule has 2 aromatic carbocycles. The predicted octanol–water partition coefficient (Wildman–Crippen LogP) is 3.29. The molecule has 0 saturated carbocycles. The number of nitrogens with one attached hydrogen (secondary N) is 1. The van der Waals surface area contributed by atoms with E-state index in [1.807, 2.05) is 31.2 Å². The first-order chi connectivity index (χ1) is 14.4. The van der Waals surface area contributed by atoms with E-state index < -0.39 is 12.5 Å². The number of amides is 1. The SMILES string of the molecule is CNC(=O)C(=NOC(F)F)c1cc2cc(C)c1ON2C(C)c1ccc2c(c1)OCO2. The maximum Gasteiger partial charge on any atom is 0.407 e. The van der Waals surface area contributed by atoms with Crippen molar-refractivity contribution in [2.75, 3.05) is 18.9 Å². The van der Waals surface area contributed by atoms with Crippen molar-refractivity contribution in [3.05, 3.63) is 47.0 Å². The molecule has 2 bridgehead atoms. The molecule has 5 rings (SSSR count). The van der Waals surface area contributed by atoms with E-state index in [0.717, 1.165) is 11.1 Å². The van der Waals surface area contributed by atoms with Crippen molar-refractivity contribution in [1.29, 1.82) is 0 Å². The standard InChI is InChI=1S/C20H19F2N3O5/c1-10-6-13-8-14(17(19(26)23-3)24-29-20(21)22)18(10)30-25(13)11(2)12-4-5-15-16(7-12)28-9-27-15/h4-8,11,20H,9H2,1-3H3,(H,23,26). The normalized spacial score (nSPS) is 15.3. The Morgan fingerprint density at radius 2 is 2.00 bits per heavy atom. The number of halogens is 2. The maximum atomic E-state index is 12.5. The molecule has 2 aromatic rings. The molecular formula is C20H19F2N3O5. The highest BCUT2D eigenvalue weighted by molar-refractivity contribution is 6.46. The Kier molecular flexibility index (Phi) is 5.06. The third kappa shape index (κ3) is 3.44. The van der Waals surface area contributed by atoms with Crippen molar-refractivity contribution >= 4 is 17.3 Å². The summed E-state index contributed by atoms with van der Waals surface area (Å²) in [6, 6.07) is 8.92. The molecule has 1 amide bonds. The number of aryl methyl sites for hydroxylation is 1. The van der Waals surface area contributed by atoms with Crippen molar-refractivity contribution in [3.63, 3.8) is 0 Å². The van der Waals surface area contributed by atoms with Crippen molar-refractivity contribution in [3.8, 4) is 17.2 Å². The molecule has 0 fully saturated rings. The van der Waals surface area contributed by atoms with Gasteiger partial charge in [-0.3, -0.25) is 4.79 Å². The molecule has 0 radical (unpaired) electrons. The van der Waals surface area contributed by atoms with Gasteiger partial charge in [-0.2, -0.15) is 8.78 Å². The third-order valence-corrected chi connectivity index (χ3v) is 4.86. The molecule has 3 heterocycles. The first-order valence-electron chi connectivity index (χ1n) is 9.15. The monoisotopic (exact) mass is 419 g/mol. The quantitative estimate of drug-likeness (QED) is 0.572. The van der Waals surface area contributed by atoms with Crippen LogP contribution in [0.3, 0.4) is 0 Å². The van der Waals surface area contributed by atoms with Crippen molar-refractivity contribution in [2.45, 2.75) is 26.5 Å². The van der Waals surface area contributed by atoms with Crippen LogP contribution in [0.5, 0.6) is 17.2 Å². The van der Waals surface area contributed by atoms with Crippen LogP contribution in [0.1, 0.15) is 29.7 Å². The molecule has 3 aliphatic heterocycles. The van der Waals surface area contributed by atoms with Crippen LogP contribution >= 0.6 is 0 Å². The second kappa shape index (κ2) is 7.69. The van der Waals surface area contributed by atoms with E-state index in [9.17, 15) is 13.6 Å². The number of ether oxygens (including phenoxy) is 2. The number of hydrogen-bond acceptors (Lipinski definition) is 7. The number of alkyl halides is 2. The summed E-state index contributed by atoms with van der Waals surface area (Å²) < 4.78 is 35.7. The van der Waals surface area contributed by atoms with Gasteiger partial charge in [-0.05, 0) is 49.2 Å². The summed E-state index contributed by atoms with van der Waals surface area (Å²) in [6.07, 6.45) is 0. The van der Waals surface area contributed by atoms with Crippen molar-refractivity contribution in [2.24, 2.45) is 5.16 Å². The number of rotatable bonds is 6. The Labute approximate surface area is 170 Å². The number of nitrogens with zero attached hydrogens (tertiary/aromatic N) is 2. The average Bonchev–Trinajstić information content (AvgIpc) is 3.20. The van der Waals surface area contributed by atoms with Crippen LogP contribution in [-0.4, -0.2) is 32.1 Å². The summed E-state index contributed by atoms with van der Waals surface area (Å²) in [5.41, 5.74) is 2.25. The van der Waals surface area contributed by atoms with Crippen LogP contribution in [0.15, 0.2) is 35.5 Å². The summed E-state index contributed by atoms with van der Waals surface area (Å²) in [4.78, 5) is 22.3. The van der Waals surface area contributed by atoms with E-state index in [0.29, 0.717) is 22.9 Å². The maximum absolute atomic E-state index is 12.5. The Balaban J connectivity index is 1.68. The molecule has 0 saturated heterocycles. The lowest BCUT2D eigenvalue weighted by Crippen LogP contribution is -2.37. The molecule has 1 unspecified atom stereocenters. The van der Waals surface area contributed by atoms with Crippen molar-refractivity contribution in [1.82, 2.24) is 5.32 Å². The van der Waals surface area contributed by atoms with Gasteiger partial charge in [-0.15, -0.1) is 0 Å². The van der Waals surface area contributed by atoms with E-state index in [-0.39, 0.29) is 24.1 Å². The van der Waals surface area contributed by atoms with Gasteiger partial charge in [0, 0.05) is 7.05 Å². The fourth-order valence-electron chi connectivity index (χ4n) is 3.37. The zero-order chi connectivity index (χ0) is 21.4. The topological polar surface area (TPSA) is 81.6 Å². The highest BCUT2D eigenvalue weighted by Crippen LogP contribution is 2.42. The van der Waals surface area contributed by atoms with Crippen LogP contribution in [0.2, 0.25) is 0 Å². The van der Waals surface area contributed by atoms with E-state index in [1.165, 1.54) is 7.05 Å². The molecule has 0 aliphatic carbocycles. The molecule has 3 aliphatic rings. The average molecular weight is 419 g/mol. The third-order valence-electron chi connectivity index (χ3n) is 4.86. The Morgan fingerprint density at radius 3 is 2.70 bits per heavy atom. The molecule has 0 spiro atoms. The number of hydrogen-bond donors (Lipinski definition) is 1. The number of anilines is 1. The lowest BCUT2D eigenvalue weighted by molar-refractivity contribution is -0.129. The summed E-state index contributed by atoms with van der Waals surface area (Å²) >= 11 is 0. The fraction of sp³-hybridized carbons (Fsp3) is 0.300. The minimum absolute atomic E-state index is 0.180. The Hall–Kier alpha value is -3.56. The van der Waals surface area contributed by atoms with Crippen LogP contribution < -0.4 is 24.7 Å². The molecule has 158 valence electrons. The van der Waals surface area contributed by atoms with Gasteiger partial charge in [0.05, 0.1) is 17.3 Å². The highest BCUT2D eigenvalue weighted by atomic mass is 19.3. The number of oxime groups is 1. The highest BCUT2D eigenvalue weighted by Gasteiger charge is 2.32. The minimum Gasteiger partial charge on any atom is -0.454 e. The van der Waals surface area contributed by atoms with Crippen LogP contribution in [0, 0.1) is 6.92 Å². The van der Waals surface area contributed by atoms with E-state index in [4.69, 9.17) is 14.3 Å². The molecule has 8 nitrogen and oxygen atoms in total. The van der Waals surface area contributed by atoms with Gasteiger partial charge in [-0.25, -0.2) is 5.06 Å². The summed E-state index contributed by atoms with van der Waals surface area (Å²) in [6.45, 7) is 0.763. The molecule has 30 heavy (non-hydrogen) atoms. The van der Waals surface area contributed by atoms with E-state index >= 15 is 0 Å². The summed E-state index contributed by atoms with van der Waals surface area (Å²) in [5, 5.41) is 7.37. The second-order valence-electron chi connectivity index (χ2n) is 6.73. The van der Waals surface area contributed by atoms with Gasteiger partial charge in [0.25, 0.3) is 5.91 Å². The molecule has 10 heteroatoms. The lowest BCUT2D eigenvalue weighted by Gasteiger charge is -2.36. The predicted molar refractivity (Wildman–Crippen MR) is 103 cm³/mol. The van der Waals surface area contributed by atoms with Gasteiger partial charge >= 0.3 is 6.61 Å². The number of likely N-dealkylation sites (N-methyl/N-ethyl adjacent to an activating group) is 1. The van der Waals surface area contributed by atoms with Crippen molar-refractivity contribution < 1.29 is 32.7 Å². The Morgan fingerprint density at radius 1 is 1.23 bits per heavy atom. The molecule has 1 atom stereocenters. The number of carbonyl (C=O) groups excluding carboxylic acids is 1.